The molecule has 4 rings (SSSR count). The van der Waals surface area contributed by atoms with Gasteiger partial charge in [-0.2, -0.15) is 0 Å². The van der Waals surface area contributed by atoms with Crippen molar-refractivity contribution in [2.75, 3.05) is 0 Å². The van der Waals surface area contributed by atoms with E-state index >= 15 is 0 Å². The van der Waals surface area contributed by atoms with Crippen LogP contribution in [0.25, 0.3) is 22.0 Å². The fraction of sp³-hybridized carbons (Fsp3) is 0.214. The number of hydrogen-bond acceptors (Lipinski definition) is 3. The van der Waals surface area contributed by atoms with Gasteiger partial charge < -0.3 is 14.4 Å². The van der Waals surface area contributed by atoms with Crippen molar-refractivity contribution < 1.29 is 32.6 Å². The van der Waals surface area contributed by atoms with Crippen molar-refractivity contribution in [3.05, 3.63) is 89.6 Å². The first kappa shape index (κ1) is 25.0. The number of carboxylic acids is 1. The summed E-state index contributed by atoms with van der Waals surface area (Å²) in [4.78, 5) is 24.0. The predicted octanol–water partition coefficient (Wildman–Crippen LogP) is 6.82. The lowest BCUT2D eigenvalue weighted by Crippen LogP contribution is -2.18. The molecular formula is C28H24F3NO4. The van der Waals surface area contributed by atoms with Gasteiger partial charge in [-0.15, -0.1) is 13.2 Å². The number of halogens is 3. The van der Waals surface area contributed by atoms with E-state index in [1.807, 2.05) is 24.3 Å². The maximum atomic E-state index is 12.5. The van der Waals surface area contributed by atoms with Crippen LogP contribution >= 0.6 is 0 Å². The Bertz CT molecular complexity index is 1430. The van der Waals surface area contributed by atoms with Crippen LogP contribution in [0.4, 0.5) is 13.2 Å². The number of hydrogen-bond donors (Lipinski definition) is 1. The van der Waals surface area contributed by atoms with Crippen LogP contribution in [0.2, 0.25) is 0 Å². The lowest BCUT2D eigenvalue weighted by molar-refractivity contribution is -0.274. The number of Topliss-reactive ketones (excluding diaryl/α,β-unsaturated/α-hetero) is 1. The summed E-state index contributed by atoms with van der Waals surface area (Å²) in [5, 5.41) is 10.00. The van der Waals surface area contributed by atoms with Crippen LogP contribution in [0.1, 0.15) is 42.4 Å². The van der Waals surface area contributed by atoms with E-state index < -0.39 is 18.1 Å². The van der Waals surface area contributed by atoms with Gasteiger partial charge in [0.1, 0.15) is 5.75 Å². The molecule has 0 aliphatic heterocycles. The Kier molecular flexibility index (Phi) is 6.39. The van der Waals surface area contributed by atoms with Crippen LogP contribution < -0.4 is 4.74 Å². The highest BCUT2D eigenvalue weighted by molar-refractivity contribution is 6.40. The highest BCUT2D eigenvalue weighted by atomic mass is 19.4. The van der Waals surface area contributed by atoms with E-state index in [-0.39, 0.29) is 16.9 Å². The Morgan fingerprint density at radius 3 is 2.03 bits per heavy atom. The molecule has 0 spiro atoms. The topological polar surface area (TPSA) is 68.5 Å². The number of rotatable bonds is 6. The summed E-state index contributed by atoms with van der Waals surface area (Å²) in [7, 11) is 0. The SMILES string of the molecule is CC(C)(C)c1ccc(Cn2c(C(=O)C(=O)O)cc3cc(-c4ccc(OC(F)(F)F)cc4)ccc32)cc1. The second-order valence-corrected chi connectivity index (χ2v) is 9.54. The van der Waals surface area contributed by atoms with Crippen molar-refractivity contribution in [1.82, 2.24) is 4.57 Å². The number of fused-ring (bicyclic) bond motifs is 1. The Morgan fingerprint density at radius 1 is 0.861 bits per heavy atom. The van der Waals surface area contributed by atoms with Crippen LogP contribution in [-0.2, 0) is 16.8 Å². The second-order valence-electron chi connectivity index (χ2n) is 9.54. The van der Waals surface area contributed by atoms with Gasteiger partial charge in [-0.3, -0.25) is 4.79 Å². The van der Waals surface area contributed by atoms with Gasteiger partial charge in [0.25, 0.3) is 5.78 Å². The zero-order chi connectivity index (χ0) is 26.3. The van der Waals surface area contributed by atoms with E-state index in [1.54, 1.807) is 22.8 Å². The molecule has 0 atom stereocenters. The molecule has 0 saturated carbocycles. The van der Waals surface area contributed by atoms with Gasteiger partial charge in [-0.25, -0.2) is 4.79 Å². The first-order valence-electron chi connectivity index (χ1n) is 11.2. The summed E-state index contributed by atoms with van der Waals surface area (Å²) in [5.74, 6) is -2.90. The van der Waals surface area contributed by atoms with Crippen molar-refractivity contribution >= 4 is 22.7 Å². The lowest BCUT2D eigenvalue weighted by atomic mass is 9.87. The van der Waals surface area contributed by atoms with Gasteiger partial charge >= 0.3 is 12.3 Å². The molecule has 0 fully saturated rings. The number of ether oxygens (including phenoxy) is 1. The maximum absolute atomic E-state index is 12.5. The van der Waals surface area contributed by atoms with Gasteiger partial charge in [-0.05, 0) is 58.0 Å². The summed E-state index contributed by atoms with van der Waals surface area (Å²) in [6, 6.07) is 20.2. The van der Waals surface area contributed by atoms with E-state index in [1.165, 1.54) is 30.3 Å². The zero-order valence-corrected chi connectivity index (χ0v) is 19.9. The van der Waals surface area contributed by atoms with Crippen LogP contribution in [0.3, 0.4) is 0 Å². The van der Waals surface area contributed by atoms with Gasteiger partial charge in [0.2, 0.25) is 0 Å². The minimum atomic E-state index is -4.77. The quantitative estimate of drug-likeness (QED) is 0.235. The number of benzene rings is 3. The minimum Gasteiger partial charge on any atom is -0.475 e. The molecule has 4 aromatic rings. The minimum absolute atomic E-state index is 0.0173. The molecule has 5 nitrogen and oxygen atoms in total. The standard InChI is InChI=1S/C28H24F3NO4/c1-27(2,3)21-9-4-17(5-10-21)16-32-23-13-8-19(14-20(23)15-24(32)25(33)26(34)35)18-6-11-22(12-7-18)36-28(29,30)31/h4-15H,16H2,1-3H3,(H,34,35). The molecule has 1 heterocycles. The molecular weight excluding hydrogens is 471 g/mol. The first-order valence-corrected chi connectivity index (χ1v) is 11.2. The van der Waals surface area contributed by atoms with Gasteiger partial charge in [-0.1, -0.05) is 63.2 Å². The summed E-state index contributed by atoms with van der Waals surface area (Å²) in [6.07, 6.45) is -4.77. The number of aliphatic carboxylic acids is 1. The van der Waals surface area contributed by atoms with E-state index in [0.29, 0.717) is 28.6 Å². The third-order valence-corrected chi connectivity index (χ3v) is 5.91. The molecule has 0 unspecified atom stereocenters. The Labute approximate surface area is 205 Å². The highest BCUT2D eigenvalue weighted by Crippen LogP contribution is 2.31. The molecule has 1 aromatic heterocycles. The Morgan fingerprint density at radius 2 is 1.47 bits per heavy atom. The number of carboxylic acid groups (broad SMARTS) is 1. The van der Waals surface area contributed by atoms with Crippen molar-refractivity contribution in [2.24, 2.45) is 0 Å². The number of ketones is 1. The molecule has 3 aromatic carbocycles. The van der Waals surface area contributed by atoms with Gasteiger partial charge in [0.05, 0.1) is 5.69 Å². The molecule has 0 aliphatic carbocycles. The summed E-state index contributed by atoms with van der Waals surface area (Å²) < 4.78 is 42.9. The lowest BCUT2D eigenvalue weighted by Gasteiger charge is -2.19. The third-order valence-electron chi connectivity index (χ3n) is 5.91. The van der Waals surface area contributed by atoms with Crippen molar-refractivity contribution in [3.63, 3.8) is 0 Å². The second kappa shape index (κ2) is 9.18. The molecule has 0 bridgehead atoms. The zero-order valence-electron chi connectivity index (χ0n) is 19.9. The normalized spacial score (nSPS) is 12.1. The van der Waals surface area contributed by atoms with E-state index in [0.717, 1.165) is 11.1 Å². The summed E-state index contributed by atoms with van der Waals surface area (Å²) in [6.45, 7) is 6.63. The number of alkyl halides is 3. The Hall–Kier alpha value is -4.07. The van der Waals surface area contributed by atoms with E-state index in [2.05, 4.69) is 25.5 Å². The number of carbonyl (C=O) groups is 2. The molecule has 36 heavy (non-hydrogen) atoms. The first-order chi connectivity index (χ1) is 16.8. The number of aromatic nitrogens is 1. The molecule has 1 N–H and O–H groups in total. The summed E-state index contributed by atoms with van der Waals surface area (Å²) in [5.41, 5.74) is 4.09. The maximum Gasteiger partial charge on any atom is 0.573 e. The van der Waals surface area contributed by atoms with Crippen molar-refractivity contribution in [3.8, 4) is 16.9 Å². The highest BCUT2D eigenvalue weighted by Gasteiger charge is 2.31. The van der Waals surface area contributed by atoms with Crippen LogP contribution in [0.15, 0.2) is 72.8 Å². The number of carbonyl (C=O) groups excluding carboxylic acids is 1. The average Bonchev–Trinajstić information content (AvgIpc) is 3.15. The van der Waals surface area contributed by atoms with E-state index in [4.69, 9.17) is 0 Å². The van der Waals surface area contributed by atoms with Crippen molar-refractivity contribution in [2.45, 2.75) is 39.1 Å². The predicted molar refractivity (Wildman–Crippen MR) is 130 cm³/mol. The number of nitrogens with zero attached hydrogens (tertiary/aromatic N) is 1. The van der Waals surface area contributed by atoms with Crippen molar-refractivity contribution in [1.29, 1.82) is 0 Å². The molecule has 0 saturated heterocycles. The van der Waals surface area contributed by atoms with E-state index in [9.17, 15) is 27.9 Å². The van der Waals surface area contributed by atoms with Crippen LogP contribution in [0.5, 0.6) is 5.75 Å². The monoisotopic (exact) mass is 495 g/mol. The fourth-order valence-corrected chi connectivity index (χ4v) is 4.06. The third kappa shape index (κ3) is 5.43. The molecule has 186 valence electrons. The molecule has 0 amide bonds. The average molecular weight is 495 g/mol. The van der Waals surface area contributed by atoms with Gasteiger partial charge in [0, 0.05) is 17.4 Å². The van der Waals surface area contributed by atoms with Crippen LogP contribution in [-0.4, -0.2) is 27.8 Å². The molecule has 0 radical (unpaired) electrons. The Balaban J connectivity index is 1.72. The fourth-order valence-electron chi connectivity index (χ4n) is 4.06. The smallest absolute Gasteiger partial charge is 0.475 e. The van der Waals surface area contributed by atoms with Crippen LogP contribution in [0, 0.1) is 0 Å². The summed E-state index contributed by atoms with van der Waals surface area (Å²) >= 11 is 0. The van der Waals surface area contributed by atoms with Gasteiger partial charge in [0.15, 0.2) is 0 Å². The molecule has 8 heteroatoms. The largest absolute Gasteiger partial charge is 0.573 e. The molecule has 0 aliphatic rings.